The first-order chi connectivity index (χ1) is 8.13. The summed E-state index contributed by atoms with van der Waals surface area (Å²) in [5.41, 5.74) is 2.61. The Balaban J connectivity index is 2.92. The molecule has 1 rings (SSSR count). The van der Waals surface area contributed by atoms with Crippen molar-refractivity contribution in [2.45, 2.75) is 33.7 Å². The van der Waals surface area contributed by atoms with Crippen LogP contribution in [-0.4, -0.2) is 19.6 Å². The minimum atomic E-state index is 0.405. The van der Waals surface area contributed by atoms with Gasteiger partial charge < -0.3 is 10.2 Å². The molecule has 0 saturated heterocycles. The zero-order valence-corrected chi connectivity index (χ0v) is 12.8. The van der Waals surface area contributed by atoms with Gasteiger partial charge in [-0.3, -0.25) is 0 Å². The monoisotopic (exact) mass is 298 g/mol. The molecule has 1 aromatic carbocycles. The van der Waals surface area contributed by atoms with Crippen molar-refractivity contribution in [1.82, 2.24) is 5.32 Å². The molecule has 2 nitrogen and oxygen atoms in total. The van der Waals surface area contributed by atoms with Gasteiger partial charge in [-0.15, -0.1) is 0 Å². The molecule has 0 heterocycles. The molecule has 0 aliphatic rings. The SMILES string of the molecule is CCNC(C)c1ccc(N(CC)CC)c(Br)c1. The molecule has 0 fully saturated rings. The summed E-state index contributed by atoms with van der Waals surface area (Å²) in [6.45, 7) is 11.8. The number of benzene rings is 1. The molecule has 17 heavy (non-hydrogen) atoms. The predicted octanol–water partition coefficient (Wildman–Crippen LogP) is 3.97. The van der Waals surface area contributed by atoms with Gasteiger partial charge >= 0.3 is 0 Å². The molecule has 0 aromatic heterocycles. The lowest BCUT2D eigenvalue weighted by Gasteiger charge is -2.23. The van der Waals surface area contributed by atoms with Crippen LogP contribution in [0.5, 0.6) is 0 Å². The Morgan fingerprint density at radius 2 is 1.88 bits per heavy atom. The van der Waals surface area contributed by atoms with Gasteiger partial charge in [-0.2, -0.15) is 0 Å². The summed E-state index contributed by atoms with van der Waals surface area (Å²) in [6, 6.07) is 7.05. The van der Waals surface area contributed by atoms with Crippen molar-refractivity contribution in [1.29, 1.82) is 0 Å². The van der Waals surface area contributed by atoms with Gasteiger partial charge in [-0.25, -0.2) is 0 Å². The summed E-state index contributed by atoms with van der Waals surface area (Å²) in [6.07, 6.45) is 0. The first-order valence-electron chi connectivity index (χ1n) is 6.41. The zero-order chi connectivity index (χ0) is 12.8. The Morgan fingerprint density at radius 3 is 2.35 bits per heavy atom. The van der Waals surface area contributed by atoms with Crippen LogP contribution in [0, 0.1) is 0 Å². The first-order valence-corrected chi connectivity index (χ1v) is 7.21. The largest absolute Gasteiger partial charge is 0.371 e. The van der Waals surface area contributed by atoms with Crippen LogP contribution in [0.25, 0.3) is 0 Å². The van der Waals surface area contributed by atoms with Gasteiger partial charge in [0.15, 0.2) is 0 Å². The fourth-order valence-electron chi connectivity index (χ4n) is 2.04. The van der Waals surface area contributed by atoms with Crippen LogP contribution in [-0.2, 0) is 0 Å². The minimum absolute atomic E-state index is 0.405. The van der Waals surface area contributed by atoms with Gasteiger partial charge in [0.05, 0.1) is 5.69 Å². The van der Waals surface area contributed by atoms with Gasteiger partial charge in [0.1, 0.15) is 0 Å². The van der Waals surface area contributed by atoms with Crippen molar-refractivity contribution in [2.24, 2.45) is 0 Å². The molecule has 1 atom stereocenters. The summed E-state index contributed by atoms with van der Waals surface area (Å²) in [5.74, 6) is 0. The average molecular weight is 299 g/mol. The molecule has 1 N–H and O–H groups in total. The predicted molar refractivity (Wildman–Crippen MR) is 79.8 cm³/mol. The maximum atomic E-state index is 3.68. The first kappa shape index (κ1) is 14.5. The van der Waals surface area contributed by atoms with E-state index in [-0.39, 0.29) is 0 Å². The molecule has 1 unspecified atom stereocenters. The van der Waals surface area contributed by atoms with E-state index in [0.29, 0.717) is 6.04 Å². The Morgan fingerprint density at radius 1 is 1.24 bits per heavy atom. The van der Waals surface area contributed by atoms with E-state index in [1.165, 1.54) is 15.7 Å². The highest BCUT2D eigenvalue weighted by Gasteiger charge is 2.10. The van der Waals surface area contributed by atoms with Gasteiger partial charge in [-0.05, 0) is 60.9 Å². The van der Waals surface area contributed by atoms with E-state index < -0.39 is 0 Å². The lowest BCUT2D eigenvalue weighted by Crippen LogP contribution is -2.22. The van der Waals surface area contributed by atoms with E-state index in [4.69, 9.17) is 0 Å². The van der Waals surface area contributed by atoms with Crippen LogP contribution < -0.4 is 10.2 Å². The van der Waals surface area contributed by atoms with Crippen LogP contribution >= 0.6 is 15.9 Å². The number of hydrogen-bond acceptors (Lipinski definition) is 2. The topological polar surface area (TPSA) is 15.3 Å². The lowest BCUT2D eigenvalue weighted by atomic mass is 10.1. The van der Waals surface area contributed by atoms with E-state index >= 15 is 0 Å². The molecule has 0 radical (unpaired) electrons. The lowest BCUT2D eigenvalue weighted by molar-refractivity contribution is 0.598. The van der Waals surface area contributed by atoms with Crippen molar-refractivity contribution in [2.75, 3.05) is 24.5 Å². The van der Waals surface area contributed by atoms with E-state index in [0.717, 1.165) is 19.6 Å². The van der Waals surface area contributed by atoms with Crippen molar-refractivity contribution >= 4 is 21.6 Å². The highest BCUT2D eigenvalue weighted by Crippen LogP contribution is 2.29. The Labute approximate surface area is 114 Å². The Kier molecular flexibility index (Phi) is 6.00. The molecule has 0 aliphatic heterocycles. The third-order valence-electron chi connectivity index (χ3n) is 3.09. The van der Waals surface area contributed by atoms with E-state index in [1.54, 1.807) is 0 Å². The van der Waals surface area contributed by atoms with Crippen LogP contribution in [0.1, 0.15) is 39.3 Å². The van der Waals surface area contributed by atoms with E-state index in [2.05, 4.69) is 72.0 Å². The van der Waals surface area contributed by atoms with Gasteiger partial charge in [0.25, 0.3) is 0 Å². The number of rotatable bonds is 6. The summed E-state index contributed by atoms with van der Waals surface area (Å²) >= 11 is 3.68. The van der Waals surface area contributed by atoms with E-state index in [1.807, 2.05) is 0 Å². The van der Waals surface area contributed by atoms with Crippen molar-refractivity contribution in [3.63, 3.8) is 0 Å². The normalized spacial score (nSPS) is 12.5. The minimum Gasteiger partial charge on any atom is -0.371 e. The summed E-state index contributed by atoms with van der Waals surface area (Å²) < 4.78 is 1.18. The van der Waals surface area contributed by atoms with Crippen LogP contribution in [0.15, 0.2) is 22.7 Å². The molecule has 0 saturated carbocycles. The molecule has 3 heteroatoms. The highest BCUT2D eigenvalue weighted by atomic mass is 79.9. The third kappa shape index (κ3) is 3.71. The fraction of sp³-hybridized carbons (Fsp3) is 0.571. The molecular weight excluding hydrogens is 276 g/mol. The number of halogens is 1. The number of anilines is 1. The van der Waals surface area contributed by atoms with Crippen LogP contribution in [0.4, 0.5) is 5.69 Å². The van der Waals surface area contributed by atoms with E-state index in [9.17, 15) is 0 Å². The van der Waals surface area contributed by atoms with Crippen LogP contribution in [0.2, 0.25) is 0 Å². The second-order valence-electron chi connectivity index (χ2n) is 4.16. The Bertz CT molecular complexity index is 348. The molecule has 0 amide bonds. The number of nitrogens with zero attached hydrogens (tertiary/aromatic N) is 1. The Hall–Kier alpha value is -0.540. The maximum Gasteiger partial charge on any atom is 0.0510 e. The molecule has 0 spiro atoms. The third-order valence-corrected chi connectivity index (χ3v) is 3.72. The summed E-state index contributed by atoms with van der Waals surface area (Å²) in [5, 5.41) is 3.43. The fourth-order valence-corrected chi connectivity index (χ4v) is 2.68. The molecular formula is C14H23BrN2. The second kappa shape index (κ2) is 7.02. The summed E-state index contributed by atoms with van der Waals surface area (Å²) in [4.78, 5) is 2.35. The quantitative estimate of drug-likeness (QED) is 0.855. The average Bonchev–Trinajstić information content (AvgIpc) is 2.32. The van der Waals surface area contributed by atoms with Gasteiger partial charge in [0.2, 0.25) is 0 Å². The summed E-state index contributed by atoms with van der Waals surface area (Å²) in [7, 11) is 0. The molecule has 96 valence electrons. The molecule has 0 aliphatic carbocycles. The van der Waals surface area contributed by atoms with Gasteiger partial charge in [-0.1, -0.05) is 13.0 Å². The smallest absolute Gasteiger partial charge is 0.0510 e. The molecule has 1 aromatic rings. The standard InChI is InChI=1S/C14H23BrN2/c1-5-16-11(4)12-8-9-14(13(15)10-12)17(6-2)7-3/h8-11,16H,5-7H2,1-4H3. The van der Waals surface area contributed by atoms with Crippen molar-refractivity contribution < 1.29 is 0 Å². The zero-order valence-electron chi connectivity index (χ0n) is 11.3. The highest BCUT2D eigenvalue weighted by molar-refractivity contribution is 9.10. The van der Waals surface area contributed by atoms with Crippen molar-refractivity contribution in [3.05, 3.63) is 28.2 Å². The maximum absolute atomic E-state index is 3.68. The number of hydrogen-bond donors (Lipinski definition) is 1. The van der Waals surface area contributed by atoms with Crippen molar-refractivity contribution in [3.8, 4) is 0 Å². The van der Waals surface area contributed by atoms with Crippen LogP contribution in [0.3, 0.4) is 0 Å². The van der Waals surface area contributed by atoms with Gasteiger partial charge in [0, 0.05) is 23.6 Å². The number of nitrogens with one attached hydrogen (secondary N) is 1. The molecule has 0 bridgehead atoms. The second-order valence-corrected chi connectivity index (χ2v) is 5.02.